The van der Waals surface area contributed by atoms with E-state index < -0.39 is 5.97 Å². The van der Waals surface area contributed by atoms with E-state index in [2.05, 4.69) is 5.32 Å². The smallest absolute Gasteiger partial charge is 0.335 e. The Kier molecular flexibility index (Phi) is 4.15. The van der Waals surface area contributed by atoms with E-state index in [-0.39, 0.29) is 11.4 Å². The maximum absolute atomic E-state index is 12.7. The molecule has 3 nitrogen and oxygen atoms in total. The predicted molar refractivity (Wildman–Crippen MR) is 77.2 cm³/mol. The fourth-order valence-electron chi connectivity index (χ4n) is 1.76. The third kappa shape index (κ3) is 3.45. The molecule has 0 amide bonds. The highest BCUT2D eigenvalue weighted by molar-refractivity contribution is 5.88. The summed E-state index contributed by atoms with van der Waals surface area (Å²) in [7, 11) is 0. The first-order valence-corrected chi connectivity index (χ1v) is 6.09. The second-order valence-electron chi connectivity index (χ2n) is 4.36. The fourth-order valence-corrected chi connectivity index (χ4v) is 1.76. The van der Waals surface area contributed by atoms with Gasteiger partial charge in [0.05, 0.1) is 5.56 Å². The SMILES string of the molecule is Cc1cc(C(=O)O)ccc1N/C=C/c1ccc(F)cc1. The molecule has 0 unspecified atom stereocenters. The van der Waals surface area contributed by atoms with Crippen LogP contribution < -0.4 is 5.32 Å². The third-order valence-corrected chi connectivity index (χ3v) is 2.86. The number of hydrogen-bond acceptors (Lipinski definition) is 2. The van der Waals surface area contributed by atoms with Crippen molar-refractivity contribution in [1.82, 2.24) is 0 Å². The van der Waals surface area contributed by atoms with Crippen LogP contribution in [0.2, 0.25) is 0 Å². The summed E-state index contributed by atoms with van der Waals surface area (Å²) in [5, 5.41) is 12.0. The molecular weight excluding hydrogens is 257 g/mol. The van der Waals surface area contributed by atoms with Crippen LogP contribution in [0.5, 0.6) is 0 Å². The molecule has 0 bridgehead atoms. The lowest BCUT2D eigenvalue weighted by Crippen LogP contribution is -1.98. The molecule has 0 aromatic heterocycles. The molecule has 0 radical (unpaired) electrons. The first-order chi connectivity index (χ1) is 9.56. The summed E-state index contributed by atoms with van der Waals surface area (Å²) in [6.07, 6.45) is 3.54. The molecule has 2 aromatic rings. The summed E-state index contributed by atoms with van der Waals surface area (Å²) in [6.45, 7) is 1.83. The molecule has 0 saturated heterocycles. The standard InChI is InChI=1S/C16H14FNO2/c1-11-10-13(16(19)20)4-7-15(11)18-9-8-12-2-5-14(17)6-3-12/h2-10,18H,1H3,(H,19,20)/b9-8+. The van der Waals surface area contributed by atoms with Crippen LogP contribution in [-0.4, -0.2) is 11.1 Å². The molecule has 0 aliphatic carbocycles. The molecule has 0 fully saturated rings. The Balaban J connectivity index is 2.07. The van der Waals surface area contributed by atoms with Crippen molar-refractivity contribution >= 4 is 17.7 Å². The second kappa shape index (κ2) is 6.02. The molecule has 2 rings (SSSR count). The van der Waals surface area contributed by atoms with Crippen LogP contribution in [0.15, 0.2) is 48.7 Å². The van der Waals surface area contributed by atoms with Crippen molar-refractivity contribution < 1.29 is 14.3 Å². The minimum absolute atomic E-state index is 0.260. The number of anilines is 1. The van der Waals surface area contributed by atoms with Crippen molar-refractivity contribution in [1.29, 1.82) is 0 Å². The van der Waals surface area contributed by atoms with Crippen molar-refractivity contribution in [2.24, 2.45) is 0 Å². The molecule has 0 heterocycles. The Labute approximate surface area is 116 Å². The van der Waals surface area contributed by atoms with Gasteiger partial charge >= 0.3 is 5.97 Å². The van der Waals surface area contributed by atoms with Crippen molar-refractivity contribution in [3.8, 4) is 0 Å². The maximum atomic E-state index is 12.7. The molecule has 0 aliphatic rings. The lowest BCUT2D eigenvalue weighted by atomic mass is 10.1. The molecule has 0 saturated carbocycles. The average Bonchev–Trinajstić information content (AvgIpc) is 2.42. The minimum atomic E-state index is -0.943. The summed E-state index contributed by atoms with van der Waals surface area (Å²) < 4.78 is 12.7. The van der Waals surface area contributed by atoms with Gasteiger partial charge in [-0.3, -0.25) is 0 Å². The molecule has 0 spiro atoms. The third-order valence-electron chi connectivity index (χ3n) is 2.86. The van der Waals surface area contributed by atoms with E-state index in [9.17, 15) is 9.18 Å². The largest absolute Gasteiger partial charge is 0.478 e. The summed E-state index contributed by atoms with van der Waals surface area (Å²) in [6, 6.07) is 11.0. The van der Waals surface area contributed by atoms with Gasteiger partial charge in [-0.2, -0.15) is 0 Å². The van der Waals surface area contributed by atoms with Gasteiger partial charge < -0.3 is 10.4 Å². The van der Waals surface area contributed by atoms with Crippen molar-refractivity contribution in [3.05, 3.63) is 71.2 Å². The number of benzene rings is 2. The minimum Gasteiger partial charge on any atom is -0.478 e. The van der Waals surface area contributed by atoms with E-state index in [1.54, 1.807) is 36.5 Å². The van der Waals surface area contributed by atoms with E-state index in [1.165, 1.54) is 12.1 Å². The van der Waals surface area contributed by atoms with Gasteiger partial charge in [-0.15, -0.1) is 0 Å². The van der Waals surface area contributed by atoms with E-state index >= 15 is 0 Å². The predicted octanol–water partition coefficient (Wildman–Crippen LogP) is 3.92. The number of carbonyl (C=O) groups is 1. The van der Waals surface area contributed by atoms with Crippen LogP contribution in [0, 0.1) is 12.7 Å². The van der Waals surface area contributed by atoms with Gasteiger partial charge in [0, 0.05) is 11.9 Å². The van der Waals surface area contributed by atoms with Gasteiger partial charge in [0.2, 0.25) is 0 Å². The molecular formula is C16H14FNO2. The fraction of sp³-hybridized carbons (Fsp3) is 0.0625. The van der Waals surface area contributed by atoms with Crippen LogP contribution in [0.1, 0.15) is 21.5 Å². The highest BCUT2D eigenvalue weighted by Gasteiger charge is 2.04. The first-order valence-electron chi connectivity index (χ1n) is 6.09. The number of aryl methyl sites for hydroxylation is 1. The lowest BCUT2D eigenvalue weighted by Gasteiger charge is -2.06. The zero-order valence-electron chi connectivity index (χ0n) is 10.9. The monoisotopic (exact) mass is 271 g/mol. The Morgan fingerprint density at radius 2 is 1.90 bits per heavy atom. The van der Waals surface area contributed by atoms with Gasteiger partial charge in [-0.25, -0.2) is 9.18 Å². The Morgan fingerprint density at radius 1 is 1.20 bits per heavy atom. The Hall–Kier alpha value is -2.62. The van der Waals surface area contributed by atoms with Crippen LogP contribution in [0.4, 0.5) is 10.1 Å². The topological polar surface area (TPSA) is 49.3 Å². The van der Waals surface area contributed by atoms with Crippen LogP contribution >= 0.6 is 0 Å². The van der Waals surface area contributed by atoms with Gasteiger partial charge in [0.15, 0.2) is 0 Å². The molecule has 20 heavy (non-hydrogen) atoms. The van der Waals surface area contributed by atoms with Gasteiger partial charge in [-0.05, 0) is 54.5 Å². The van der Waals surface area contributed by atoms with Gasteiger partial charge in [0.1, 0.15) is 5.82 Å². The summed E-state index contributed by atoms with van der Waals surface area (Å²) in [5.41, 5.74) is 2.80. The van der Waals surface area contributed by atoms with E-state index in [0.717, 1.165) is 16.8 Å². The van der Waals surface area contributed by atoms with Gasteiger partial charge in [-0.1, -0.05) is 12.1 Å². The number of nitrogens with one attached hydrogen (secondary N) is 1. The quantitative estimate of drug-likeness (QED) is 0.886. The molecule has 0 atom stereocenters. The lowest BCUT2D eigenvalue weighted by molar-refractivity contribution is 0.0697. The van der Waals surface area contributed by atoms with Gasteiger partial charge in [0.25, 0.3) is 0 Å². The molecule has 2 aromatic carbocycles. The number of carboxylic acid groups (broad SMARTS) is 1. The van der Waals surface area contributed by atoms with Crippen molar-refractivity contribution in [2.75, 3.05) is 5.32 Å². The molecule has 2 N–H and O–H groups in total. The first kappa shape index (κ1) is 13.8. The summed E-state index contributed by atoms with van der Waals surface area (Å²) in [4.78, 5) is 10.8. The number of halogens is 1. The van der Waals surface area contributed by atoms with Crippen molar-refractivity contribution in [2.45, 2.75) is 6.92 Å². The van der Waals surface area contributed by atoms with Crippen LogP contribution in [-0.2, 0) is 0 Å². The molecule has 102 valence electrons. The Bertz CT molecular complexity index is 648. The highest BCUT2D eigenvalue weighted by atomic mass is 19.1. The summed E-state index contributed by atoms with van der Waals surface area (Å²) >= 11 is 0. The summed E-state index contributed by atoms with van der Waals surface area (Å²) in [5.74, 6) is -1.21. The van der Waals surface area contributed by atoms with Crippen LogP contribution in [0.3, 0.4) is 0 Å². The molecule has 0 aliphatic heterocycles. The number of carboxylic acids is 1. The van der Waals surface area contributed by atoms with Crippen molar-refractivity contribution in [3.63, 3.8) is 0 Å². The number of aromatic carboxylic acids is 1. The Morgan fingerprint density at radius 3 is 2.50 bits per heavy atom. The van der Waals surface area contributed by atoms with Crippen LogP contribution in [0.25, 0.3) is 6.08 Å². The van der Waals surface area contributed by atoms with E-state index in [4.69, 9.17) is 5.11 Å². The number of rotatable bonds is 4. The highest BCUT2D eigenvalue weighted by Crippen LogP contribution is 2.17. The zero-order valence-corrected chi connectivity index (χ0v) is 10.9. The average molecular weight is 271 g/mol. The number of hydrogen-bond donors (Lipinski definition) is 2. The van der Waals surface area contributed by atoms with E-state index in [1.807, 2.05) is 13.0 Å². The maximum Gasteiger partial charge on any atom is 0.335 e. The second-order valence-corrected chi connectivity index (χ2v) is 4.36. The van der Waals surface area contributed by atoms with E-state index in [0.29, 0.717) is 0 Å². The zero-order chi connectivity index (χ0) is 14.5. The normalized spacial score (nSPS) is 10.7. The molecule has 4 heteroatoms.